The van der Waals surface area contributed by atoms with Crippen LogP contribution < -0.4 is 4.90 Å². The molecule has 3 heteroatoms. The summed E-state index contributed by atoms with van der Waals surface area (Å²) in [5.74, 6) is 0. The molecule has 5 aromatic carbocycles. The molecule has 3 heterocycles. The maximum Gasteiger partial charge on any atom is 0.0945 e. The van der Waals surface area contributed by atoms with E-state index in [4.69, 9.17) is 4.98 Å². The van der Waals surface area contributed by atoms with Crippen LogP contribution in [0.1, 0.15) is 17.2 Å². The first-order valence-electron chi connectivity index (χ1n) is 13.3. The molecule has 0 bridgehead atoms. The Morgan fingerprint density at radius 1 is 0.641 bits per heavy atom. The van der Waals surface area contributed by atoms with Gasteiger partial charge in [0.25, 0.3) is 0 Å². The highest BCUT2D eigenvalue weighted by Gasteiger charge is 2.27. The maximum absolute atomic E-state index is 4.84. The van der Waals surface area contributed by atoms with Crippen molar-refractivity contribution in [3.63, 3.8) is 0 Å². The molecule has 39 heavy (non-hydrogen) atoms. The summed E-state index contributed by atoms with van der Waals surface area (Å²) in [6, 6.07) is 43.9. The van der Waals surface area contributed by atoms with Crippen LogP contribution in [0.5, 0.6) is 0 Å². The molecule has 2 aromatic heterocycles. The van der Waals surface area contributed by atoms with Crippen molar-refractivity contribution in [2.75, 3.05) is 4.90 Å². The van der Waals surface area contributed by atoms with Gasteiger partial charge in [-0.15, -0.1) is 11.3 Å². The van der Waals surface area contributed by atoms with Crippen molar-refractivity contribution in [2.45, 2.75) is 6.04 Å². The number of thiophene rings is 1. The van der Waals surface area contributed by atoms with Crippen molar-refractivity contribution < 1.29 is 0 Å². The molecule has 1 aliphatic heterocycles. The highest BCUT2D eigenvalue weighted by molar-refractivity contribution is 7.25. The lowest BCUT2D eigenvalue weighted by atomic mass is 9.94. The third-order valence-corrected chi connectivity index (χ3v) is 8.89. The van der Waals surface area contributed by atoms with E-state index in [0.29, 0.717) is 0 Å². The zero-order valence-electron chi connectivity index (χ0n) is 21.2. The minimum absolute atomic E-state index is 0.0760. The summed E-state index contributed by atoms with van der Waals surface area (Å²) in [4.78, 5) is 7.28. The average Bonchev–Trinajstić information content (AvgIpc) is 3.39. The van der Waals surface area contributed by atoms with Gasteiger partial charge in [0, 0.05) is 43.0 Å². The Balaban J connectivity index is 1.25. The predicted octanol–water partition coefficient (Wildman–Crippen LogP) is 10.2. The van der Waals surface area contributed by atoms with Gasteiger partial charge in [-0.3, -0.25) is 4.98 Å². The summed E-state index contributed by atoms with van der Waals surface area (Å²) < 4.78 is 2.67. The van der Waals surface area contributed by atoms with Crippen LogP contribution in [0, 0.1) is 0 Å². The van der Waals surface area contributed by atoms with Crippen LogP contribution in [-0.4, -0.2) is 4.98 Å². The highest BCUT2D eigenvalue weighted by Crippen LogP contribution is 2.45. The topological polar surface area (TPSA) is 16.1 Å². The molecule has 184 valence electrons. The van der Waals surface area contributed by atoms with Gasteiger partial charge in [0.05, 0.1) is 17.2 Å². The van der Waals surface area contributed by atoms with Crippen LogP contribution in [0.15, 0.2) is 134 Å². The fourth-order valence-electron chi connectivity index (χ4n) is 5.87. The van der Waals surface area contributed by atoms with Gasteiger partial charge in [-0.2, -0.15) is 0 Å². The Morgan fingerprint density at radius 2 is 1.44 bits per heavy atom. The van der Waals surface area contributed by atoms with E-state index in [1.54, 1.807) is 0 Å². The van der Waals surface area contributed by atoms with E-state index >= 15 is 0 Å². The number of fused-ring (bicyclic) bond motifs is 6. The lowest BCUT2D eigenvalue weighted by molar-refractivity contribution is 0.847. The molecule has 2 nitrogen and oxygen atoms in total. The standard InChI is InChI=1S/C36H24N2S/c1-2-7-25(8-3-1)32-21-17-27-13-12-26-9-6-22-37-35(26)36(27)38(32)29-18-14-24(15-19-29)28-16-20-31-30-10-4-5-11-33(30)39-34(31)23-28/h1-23,32H. The molecule has 0 saturated carbocycles. The van der Waals surface area contributed by atoms with Crippen LogP contribution in [0.2, 0.25) is 0 Å². The summed E-state index contributed by atoms with van der Waals surface area (Å²) in [5.41, 5.74) is 8.24. The number of benzene rings is 5. The van der Waals surface area contributed by atoms with Crippen molar-refractivity contribution in [1.29, 1.82) is 0 Å². The van der Waals surface area contributed by atoms with E-state index in [2.05, 4.69) is 132 Å². The smallest absolute Gasteiger partial charge is 0.0945 e. The van der Waals surface area contributed by atoms with Crippen LogP contribution in [-0.2, 0) is 0 Å². The summed E-state index contributed by atoms with van der Waals surface area (Å²) in [6.07, 6.45) is 6.44. The highest BCUT2D eigenvalue weighted by atomic mass is 32.1. The van der Waals surface area contributed by atoms with Gasteiger partial charge < -0.3 is 4.90 Å². The van der Waals surface area contributed by atoms with Crippen molar-refractivity contribution in [3.8, 4) is 11.1 Å². The number of anilines is 2. The van der Waals surface area contributed by atoms with Crippen molar-refractivity contribution in [2.24, 2.45) is 0 Å². The third kappa shape index (κ3) is 3.66. The van der Waals surface area contributed by atoms with E-state index in [9.17, 15) is 0 Å². The summed E-state index contributed by atoms with van der Waals surface area (Å²) in [5, 5.41) is 3.82. The van der Waals surface area contributed by atoms with Crippen LogP contribution in [0.25, 0.3) is 48.3 Å². The molecular weight excluding hydrogens is 492 g/mol. The zero-order chi connectivity index (χ0) is 25.8. The first kappa shape index (κ1) is 22.3. The maximum atomic E-state index is 4.84. The first-order chi connectivity index (χ1) is 19.3. The van der Waals surface area contributed by atoms with Gasteiger partial charge >= 0.3 is 0 Å². The Labute approximate surface area is 231 Å². The van der Waals surface area contributed by atoms with Crippen LogP contribution in [0.4, 0.5) is 11.4 Å². The minimum Gasteiger partial charge on any atom is -0.328 e. The number of pyridine rings is 1. The molecule has 1 unspecified atom stereocenters. The number of hydrogen-bond acceptors (Lipinski definition) is 3. The SMILES string of the molecule is C1=CC(c2ccccc2)N(c2ccc(-c3ccc4c(c3)sc3ccccc34)cc2)c2c1ccc1cccnc21. The number of aromatic nitrogens is 1. The molecule has 7 aromatic rings. The summed E-state index contributed by atoms with van der Waals surface area (Å²) in [7, 11) is 0. The van der Waals surface area contributed by atoms with Gasteiger partial charge in [0.1, 0.15) is 0 Å². The molecule has 0 fully saturated rings. The molecule has 0 N–H and O–H groups in total. The molecule has 0 saturated heterocycles. The van der Waals surface area contributed by atoms with Crippen molar-refractivity contribution >= 4 is 59.9 Å². The van der Waals surface area contributed by atoms with E-state index in [1.807, 2.05) is 23.6 Å². The Morgan fingerprint density at radius 3 is 2.33 bits per heavy atom. The van der Waals surface area contributed by atoms with E-state index in [-0.39, 0.29) is 6.04 Å². The molecule has 0 amide bonds. The van der Waals surface area contributed by atoms with E-state index in [0.717, 1.165) is 22.3 Å². The fourth-order valence-corrected chi connectivity index (χ4v) is 7.02. The monoisotopic (exact) mass is 516 g/mol. The quantitative estimate of drug-likeness (QED) is 0.232. The first-order valence-corrected chi connectivity index (χ1v) is 14.1. The zero-order valence-corrected chi connectivity index (χ0v) is 22.0. The molecule has 0 radical (unpaired) electrons. The second-order valence-corrected chi connectivity index (χ2v) is 11.1. The fraction of sp³-hybridized carbons (Fsp3) is 0.0278. The van der Waals surface area contributed by atoms with Crippen molar-refractivity contribution in [1.82, 2.24) is 4.98 Å². The summed E-state index contributed by atoms with van der Waals surface area (Å²) >= 11 is 1.86. The van der Waals surface area contributed by atoms with Gasteiger partial charge in [0.2, 0.25) is 0 Å². The van der Waals surface area contributed by atoms with Crippen molar-refractivity contribution in [3.05, 3.63) is 145 Å². The second kappa shape index (κ2) is 8.93. The van der Waals surface area contributed by atoms with Gasteiger partial charge in [0.15, 0.2) is 0 Å². The Hall–Kier alpha value is -4.73. The molecule has 0 aliphatic carbocycles. The van der Waals surface area contributed by atoms with Gasteiger partial charge in [-0.05, 0) is 47.0 Å². The second-order valence-electron chi connectivity index (χ2n) is 10.0. The number of hydrogen-bond donors (Lipinski definition) is 0. The molecule has 1 atom stereocenters. The number of rotatable bonds is 3. The normalized spacial score (nSPS) is 14.8. The summed E-state index contributed by atoms with van der Waals surface area (Å²) in [6.45, 7) is 0. The average molecular weight is 517 g/mol. The molecular formula is C36H24N2S. The molecule has 1 aliphatic rings. The third-order valence-electron chi connectivity index (χ3n) is 7.75. The van der Waals surface area contributed by atoms with E-state index < -0.39 is 0 Å². The Bertz CT molecular complexity index is 2020. The van der Waals surface area contributed by atoms with Gasteiger partial charge in [-0.25, -0.2) is 0 Å². The predicted molar refractivity (Wildman–Crippen MR) is 167 cm³/mol. The molecule has 0 spiro atoms. The lowest BCUT2D eigenvalue weighted by Crippen LogP contribution is -2.25. The van der Waals surface area contributed by atoms with Crippen LogP contribution in [0.3, 0.4) is 0 Å². The minimum atomic E-state index is 0.0760. The molecule has 8 rings (SSSR count). The Kier molecular flexibility index (Phi) is 5.10. The van der Waals surface area contributed by atoms with Gasteiger partial charge in [-0.1, -0.05) is 103 Å². The van der Waals surface area contributed by atoms with Crippen LogP contribution >= 0.6 is 11.3 Å². The lowest BCUT2D eigenvalue weighted by Gasteiger charge is -2.36. The number of nitrogens with zero attached hydrogens (tertiary/aromatic N) is 2. The van der Waals surface area contributed by atoms with E-state index in [1.165, 1.54) is 42.4 Å². The largest absolute Gasteiger partial charge is 0.328 e.